The van der Waals surface area contributed by atoms with Crippen LogP contribution in [0.25, 0.3) is 0 Å². The molecule has 0 aromatic heterocycles. The molecule has 0 radical (unpaired) electrons. The summed E-state index contributed by atoms with van der Waals surface area (Å²) in [6.07, 6.45) is 5.43. The molecule has 0 heterocycles. The van der Waals surface area contributed by atoms with Crippen molar-refractivity contribution >= 4 is 15.9 Å². The maximum atomic E-state index is 3.77. The number of hydrogen-bond donors (Lipinski definition) is 1. The number of nitrogens with one attached hydrogen (secondary N) is 1. The predicted octanol–water partition coefficient (Wildman–Crippen LogP) is 4.68. The molecule has 2 heteroatoms. The van der Waals surface area contributed by atoms with Gasteiger partial charge >= 0.3 is 0 Å². The second-order valence-corrected chi connectivity index (χ2v) is 6.05. The summed E-state index contributed by atoms with van der Waals surface area (Å²) in [7, 11) is 0. The number of benzene rings is 1. The van der Waals surface area contributed by atoms with E-state index in [1.54, 1.807) is 0 Å². The van der Waals surface area contributed by atoms with E-state index in [1.807, 2.05) is 0 Å². The molecule has 1 aromatic rings. The van der Waals surface area contributed by atoms with E-state index in [0.29, 0.717) is 12.1 Å². The Kier molecular flexibility index (Phi) is 4.63. The minimum atomic E-state index is 0.436. The summed E-state index contributed by atoms with van der Waals surface area (Å²) in [5.41, 5.74) is 1.37. The van der Waals surface area contributed by atoms with Gasteiger partial charge in [-0.05, 0) is 43.7 Å². The Balaban J connectivity index is 1.94. The Morgan fingerprint density at radius 2 is 2.12 bits per heavy atom. The third-order valence-electron chi connectivity index (χ3n) is 3.98. The van der Waals surface area contributed by atoms with Gasteiger partial charge in [0.05, 0.1) is 0 Å². The van der Waals surface area contributed by atoms with E-state index in [2.05, 4.69) is 59.4 Å². The van der Waals surface area contributed by atoms with Crippen LogP contribution in [-0.2, 0) is 0 Å². The lowest BCUT2D eigenvalue weighted by molar-refractivity contribution is 0.437. The summed E-state index contributed by atoms with van der Waals surface area (Å²) in [5, 5.41) is 3.77. The van der Waals surface area contributed by atoms with Gasteiger partial charge in [-0.15, -0.1) is 0 Å². The molecule has 1 aliphatic carbocycles. The fraction of sp³-hybridized carbons (Fsp3) is 0.600. The lowest BCUT2D eigenvalue weighted by atomic mass is 10.0. The normalized spacial score (nSPS) is 26.1. The van der Waals surface area contributed by atoms with Gasteiger partial charge in [-0.3, -0.25) is 0 Å². The van der Waals surface area contributed by atoms with E-state index >= 15 is 0 Å². The highest BCUT2D eigenvalue weighted by Crippen LogP contribution is 2.30. The largest absolute Gasteiger partial charge is 0.307 e. The molecule has 1 aliphatic rings. The molecule has 0 bridgehead atoms. The van der Waals surface area contributed by atoms with Crippen LogP contribution in [-0.4, -0.2) is 6.04 Å². The molecule has 3 unspecified atom stereocenters. The average molecular weight is 296 g/mol. The third kappa shape index (κ3) is 3.32. The Hall–Kier alpha value is -0.340. The fourth-order valence-corrected chi connectivity index (χ4v) is 3.49. The topological polar surface area (TPSA) is 12.0 Å². The van der Waals surface area contributed by atoms with Gasteiger partial charge < -0.3 is 5.32 Å². The predicted molar refractivity (Wildman–Crippen MR) is 77.1 cm³/mol. The van der Waals surface area contributed by atoms with Gasteiger partial charge in [-0.25, -0.2) is 0 Å². The minimum Gasteiger partial charge on any atom is -0.307 e. The molecule has 1 saturated carbocycles. The van der Waals surface area contributed by atoms with Crippen LogP contribution in [0.4, 0.5) is 0 Å². The summed E-state index contributed by atoms with van der Waals surface area (Å²) in [6.45, 7) is 4.57. The zero-order chi connectivity index (χ0) is 12.3. The highest BCUT2D eigenvalue weighted by molar-refractivity contribution is 9.10. The SMILES string of the molecule is CCC1CCC(NC(C)c2ccccc2Br)C1. The lowest BCUT2D eigenvalue weighted by Gasteiger charge is -2.21. The third-order valence-corrected chi connectivity index (χ3v) is 4.70. The smallest absolute Gasteiger partial charge is 0.0305 e. The van der Waals surface area contributed by atoms with E-state index < -0.39 is 0 Å². The first-order valence-corrected chi connectivity index (χ1v) is 7.50. The number of rotatable bonds is 4. The van der Waals surface area contributed by atoms with Crippen LogP contribution < -0.4 is 5.32 Å². The molecule has 0 aliphatic heterocycles. The summed E-state index contributed by atoms with van der Waals surface area (Å²) < 4.78 is 1.21. The highest BCUT2D eigenvalue weighted by atomic mass is 79.9. The molecular formula is C15H22BrN. The van der Waals surface area contributed by atoms with Crippen molar-refractivity contribution in [2.75, 3.05) is 0 Å². The van der Waals surface area contributed by atoms with Crippen LogP contribution >= 0.6 is 15.9 Å². The summed E-state index contributed by atoms with van der Waals surface area (Å²) in [5.74, 6) is 0.943. The van der Waals surface area contributed by atoms with Crippen LogP contribution in [0.2, 0.25) is 0 Å². The quantitative estimate of drug-likeness (QED) is 0.850. The molecule has 17 heavy (non-hydrogen) atoms. The van der Waals surface area contributed by atoms with Crippen molar-refractivity contribution in [2.24, 2.45) is 5.92 Å². The van der Waals surface area contributed by atoms with Crippen molar-refractivity contribution in [1.82, 2.24) is 5.32 Å². The standard InChI is InChI=1S/C15H22BrN/c1-3-12-8-9-13(10-12)17-11(2)14-6-4-5-7-15(14)16/h4-7,11-13,17H,3,8-10H2,1-2H3. The van der Waals surface area contributed by atoms with Gasteiger partial charge in [0.2, 0.25) is 0 Å². The Labute approximate surface area is 113 Å². The summed E-state index contributed by atoms with van der Waals surface area (Å²) in [6, 6.07) is 9.66. The van der Waals surface area contributed by atoms with Crippen LogP contribution in [0.1, 0.15) is 51.1 Å². The second kappa shape index (κ2) is 6.01. The Morgan fingerprint density at radius 3 is 2.76 bits per heavy atom. The lowest BCUT2D eigenvalue weighted by Crippen LogP contribution is -2.29. The molecule has 1 fully saturated rings. The molecule has 0 amide bonds. The Morgan fingerprint density at radius 1 is 1.35 bits per heavy atom. The highest BCUT2D eigenvalue weighted by Gasteiger charge is 2.24. The van der Waals surface area contributed by atoms with Crippen LogP contribution in [0, 0.1) is 5.92 Å². The number of halogens is 1. The monoisotopic (exact) mass is 295 g/mol. The molecule has 1 N–H and O–H groups in total. The fourth-order valence-electron chi connectivity index (χ4n) is 2.87. The number of hydrogen-bond acceptors (Lipinski definition) is 1. The van der Waals surface area contributed by atoms with Crippen molar-refractivity contribution in [2.45, 2.75) is 51.6 Å². The van der Waals surface area contributed by atoms with Gasteiger partial charge in [-0.1, -0.05) is 47.5 Å². The average Bonchev–Trinajstić information content (AvgIpc) is 2.77. The van der Waals surface area contributed by atoms with Gasteiger partial charge in [0.1, 0.15) is 0 Å². The molecule has 94 valence electrons. The van der Waals surface area contributed by atoms with Crippen LogP contribution in [0.5, 0.6) is 0 Å². The first kappa shape index (κ1) is 13.1. The van der Waals surface area contributed by atoms with Crippen LogP contribution in [0.3, 0.4) is 0 Å². The van der Waals surface area contributed by atoms with E-state index in [-0.39, 0.29) is 0 Å². The minimum absolute atomic E-state index is 0.436. The molecule has 3 atom stereocenters. The van der Waals surface area contributed by atoms with Crippen LogP contribution in [0.15, 0.2) is 28.7 Å². The van der Waals surface area contributed by atoms with Gasteiger partial charge in [0, 0.05) is 16.6 Å². The second-order valence-electron chi connectivity index (χ2n) is 5.19. The van der Waals surface area contributed by atoms with E-state index in [1.165, 1.54) is 35.7 Å². The van der Waals surface area contributed by atoms with Gasteiger partial charge in [0.15, 0.2) is 0 Å². The maximum absolute atomic E-state index is 3.77. The van der Waals surface area contributed by atoms with Gasteiger partial charge in [0.25, 0.3) is 0 Å². The van der Waals surface area contributed by atoms with Gasteiger partial charge in [-0.2, -0.15) is 0 Å². The molecule has 1 nitrogen and oxygen atoms in total. The Bertz CT molecular complexity index is 364. The zero-order valence-electron chi connectivity index (χ0n) is 10.7. The van der Waals surface area contributed by atoms with Crippen molar-refractivity contribution in [3.63, 3.8) is 0 Å². The zero-order valence-corrected chi connectivity index (χ0v) is 12.3. The maximum Gasteiger partial charge on any atom is 0.0305 e. The summed E-state index contributed by atoms with van der Waals surface area (Å²) in [4.78, 5) is 0. The molecule has 0 saturated heterocycles. The van der Waals surface area contributed by atoms with E-state index in [0.717, 1.165) is 5.92 Å². The molecular weight excluding hydrogens is 274 g/mol. The van der Waals surface area contributed by atoms with Crippen molar-refractivity contribution < 1.29 is 0 Å². The van der Waals surface area contributed by atoms with E-state index in [4.69, 9.17) is 0 Å². The first-order valence-electron chi connectivity index (χ1n) is 6.71. The van der Waals surface area contributed by atoms with Crippen molar-refractivity contribution in [3.05, 3.63) is 34.3 Å². The first-order chi connectivity index (χ1) is 8.20. The van der Waals surface area contributed by atoms with Crippen molar-refractivity contribution in [1.29, 1.82) is 0 Å². The molecule has 0 spiro atoms. The molecule has 2 rings (SSSR count). The molecule has 1 aromatic carbocycles. The van der Waals surface area contributed by atoms with E-state index in [9.17, 15) is 0 Å². The van der Waals surface area contributed by atoms with Crippen molar-refractivity contribution in [3.8, 4) is 0 Å². The summed E-state index contributed by atoms with van der Waals surface area (Å²) >= 11 is 3.63.